The van der Waals surface area contributed by atoms with Crippen LogP contribution in [0.5, 0.6) is 5.75 Å². The Morgan fingerprint density at radius 3 is 2.62 bits per heavy atom. The minimum atomic E-state index is -0.189. The molecule has 170 valence electrons. The summed E-state index contributed by atoms with van der Waals surface area (Å²) in [6.07, 6.45) is 8.96. The second-order valence-corrected chi connectivity index (χ2v) is 9.14. The summed E-state index contributed by atoms with van der Waals surface area (Å²) in [7, 11) is 0. The Morgan fingerprint density at radius 1 is 1.22 bits per heavy atom. The molecule has 2 aliphatic carbocycles. The SMILES string of the molecule is [C-]#[N+]c1ccc(OC2CCC(NC(=O)c3cn(C4CCC(CO)CC4)nn3)CC2)cc1Cl. The maximum atomic E-state index is 12.6. The van der Waals surface area contributed by atoms with Gasteiger partial charge < -0.3 is 15.2 Å². The number of ether oxygens (including phenoxy) is 1. The molecule has 2 aliphatic rings. The van der Waals surface area contributed by atoms with Gasteiger partial charge in [-0.1, -0.05) is 22.9 Å². The molecule has 1 aromatic carbocycles. The van der Waals surface area contributed by atoms with Crippen LogP contribution >= 0.6 is 11.6 Å². The first kappa shape index (κ1) is 22.6. The standard InChI is InChI=1S/C23H28ClN5O3/c1-25-21-11-10-19(12-20(21)24)32-18-8-4-16(5-9-18)26-23(31)22-13-29(28-27-22)17-6-2-15(14-30)3-7-17/h10-13,15-18,30H,2-9,14H2,(H,26,31). The molecule has 0 spiro atoms. The Morgan fingerprint density at radius 2 is 1.97 bits per heavy atom. The number of carbonyl (C=O) groups is 1. The van der Waals surface area contributed by atoms with Crippen LogP contribution in [-0.2, 0) is 0 Å². The van der Waals surface area contributed by atoms with Crippen LogP contribution < -0.4 is 10.1 Å². The van der Waals surface area contributed by atoms with Gasteiger partial charge in [0.15, 0.2) is 5.69 Å². The molecule has 2 aromatic rings. The molecule has 0 unspecified atom stereocenters. The number of aliphatic hydroxyl groups excluding tert-OH is 1. The number of rotatable bonds is 6. The fraction of sp³-hybridized carbons (Fsp3) is 0.565. The summed E-state index contributed by atoms with van der Waals surface area (Å²) >= 11 is 6.09. The molecule has 2 N–H and O–H groups in total. The smallest absolute Gasteiger partial charge is 0.273 e. The molecule has 0 atom stereocenters. The van der Waals surface area contributed by atoms with E-state index >= 15 is 0 Å². The van der Waals surface area contributed by atoms with Gasteiger partial charge in [0.25, 0.3) is 5.91 Å². The number of carbonyl (C=O) groups excluding carboxylic acids is 1. The quantitative estimate of drug-likeness (QED) is 0.630. The Bertz CT molecular complexity index is 972. The monoisotopic (exact) mass is 457 g/mol. The van der Waals surface area contributed by atoms with E-state index in [0.29, 0.717) is 28.1 Å². The van der Waals surface area contributed by atoms with E-state index in [2.05, 4.69) is 20.5 Å². The second kappa shape index (κ2) is 10.3. The van der Waals surface area contributed by atoms with E-state index in [1.807, 2.05) is 0 Å². The maximum absolute atomic E-state index is 12.6. The maximum Gasteiger partial charge on any atom is 0.273 e. The van der Waals surface area contributed by atoms with Crippen molar-refractivity contribution in [2.45, 2.75) is 69.6 Å². The number of hydrogen-bond donors (Lipinski definition) is 2. The lowest BCUT2D eigenvalue weighted by Gasteiger charge is -2.29. The number of halogens is 1. The zero-order valence-corrected chi connectivity index (χ0v) is 18.7. The number of nitrogens with one attached hydrogen (secondary N) is 1. The average Bonchev–Trinajstić information content (AvgIpc) is 3.31. The van der Waals surface area contributed by atoms with Crippen LogP contribution in [0.3, 0.4) is 0 Å². The van der Waals surface area contributed by atoms with Gasteiger partial charge in [-0.05, 0) is 69.4 Å². The molecule has 0 bridgehead atoms. The predicted molar refractivity (Wildman–Crippen MR) is 120 cm³/mol. The van der Waals surface area contributed by atoms with E-state index in [9.17, 15) is 9.90 Å². The van der Waals surface area contributed by atoms with Crippen molar-refractivity contribution in [1.82, 2.24) is 20.3 Å². The number of aromatic nitrogens is 3. The summed E-state index contributed by atoms with van der Waals surface area (Å²) in [5.74, 6) is 0.859. The molecular formula is C23H28ClN5O3. The number of nitrogens with zero attached hydrogens (tertiary/aromatic N) is 4. The highest BCUT2D eigenvalue weighted by Gasteiger charge is 2.26. The van der Waals surface area contributed by atoms with Crippen molar-refractivity contribution >= 4 is 23.2 Å². The number of amides is 1. The van der Waals surface area contributed by atoms with Crippen molar-refractivity contribution in [2.75, 3.05) is 6.61 Å². The fourth-order valence-electron chi connectivity index (χ4n) is 4.58. The zero-order valence-electron chi connectivity index (χ0n) is 17.9. The molecule has 0 radical (unpaired) electrons. The molecule has 1 aromatic heterocycles. The third-order valence-corrected chi connectivity index (χ3v) is 6.85. The molecule has 0 saturated heterocycles. The molecule has 1 heterocycles. The van der Waals surface area contributed by atoms with Gasteiger partial charge in [0.2, 0.25) is 5.69 Å². The van der Waals surface area contributed by atoms with E-state index in [0.717, 1.165) is 51.4 Å². The molecule has 4 rings (SSSR count). The van der Waals surface area contributed by atoms with Gasteiger partial charge in [0.1, 0.15) is 5.75 Å². The Balaban J connectivity index is 1.24. The molecule has 2 fully saturated rings. The van der Waals surface area contributed by atoms with Crippen LogP contribution in [0.2, 0.25) is 5.02 Å². The van der Waals surface area contributed by atoms with Gasteiger partial charge >= 0.3 is 0 Å². The third-order valence-electron chi connectivity index (χ3n) is 6.54. The highest BCUT2D eigenvalue weighted by molar-refractivity contribution is 6.33. The van der Waals surface area contributed by atoms with Crippen LogP contribution in [-0.4, -0.2) is 44.8 Å². The van der Waals surface area contributed by atoms with E-state index < -0.39 is 0 Å². The highest BCUT2D eigenvalue weighted by atomic mass is 35.5. The van der Waals surface area contributed by atoms with Crippen LogP contribution in [0.15, 0.2) is 24.4 Å². The predicted octanol–water partition coefficient (Wildman–Crippen LogP) is 4.33. The highest BCUT2D eigenvalue weighted by Crippen LogP contribution is 2.32. The molecule has 8 nitrogen and oxygen atoms in total. The Hall–Kier alpha value is -2.63. The van der Waals surface area contributed by atoms with Crippen molar-refractivity contribution in [2.24, 2.45) is 5.92 Å². The van der Waals surface area contributed by atoms with Gasteiger partial charge in [-0.15, -0.1) is 5.10 Å². The van der Waals surface area contributed by atoms with E-state index in [4.69, 9.17) is 22.9 Å². The van der Waals surface area contributed by atoms with Gasteiger partial charge in [-0.3, -0.25) is 4.79 Å². The summed E-state index contributed by atoms with van der Waals surface area (Å²) in [5.41, 5.74) is 0.766. The van der Waals surface area contributed by atoms with Crippen molar-refractivity contribution in [1.29, 1.82) is 0 Å². The molecule has 9 heteroatoms. The third kappa shape index (κ3) is 5.40. The summed E-state index contributed by atoms with van der Waals surface area (Å²) in [6.45, 7) is 7.31. The average molecular weight is 458 g/mol. The van der Waals surface area contributed by atoms with Gasteiger partial charge in [0.05, 0.1) is 29.9 Å². The molecular weight excluding hydrogens is 430 g/mol. The van der Waals surface area contributed by atoms with Crippen molar-refractivity contribution in [3.8, 4) is 5.75 Å². The summed E-state index contributed by atoms with van der Waals surface area (Å²) in [4.78, 5) is 16.0. The van der Waals surface area contributed by atoms with E-state index in [1.54, 1.807) is 29.1 Å². The first-order valence-corrected chi connectivity index (χ1v) is 11.6. The summed E-state index contributed by atoms with van der Waals surface area (Å²) < 4.78 is 7.82. The topological polar surface area (TPSA) is 93.6 Å². The second-order valence-electron chi connectivity index (χ2n) is 8.73. The number of aliphatic hydroxyl groups is 1. The van der Waals surface area contributed by atoms with E-state index in [1.165, 1.54) is 0 Å². The zero-order chi connectivity index (χ0) is 22.5. The van der Waals surface area contributed by atoms with Gasteiger partial charge in [-0.25, -0.2) is 9.53 Å². The van der Waals surface area contributed by atoms with Crippen molar-refractivity contribution in [3.63, 3.8) is 0 Å². The van der Waals surface area contributed by atoms with Crippen molar-refractivity contribution in [3.05, 3.63) is 46.5 Å². The number of hydrogen-bond acceptors (Lipinski definition) is 5. The molecule has 2 saturated carbocycles. The van der Waals surface area contributed by atoms with Crippen molar-refractivity contribution < 1.29 is 14.6 Å². The fourth-order valence-corrected chi connectivity index (χ4v) is 4.79. The van der Waals surface area contributed by atoms with Crippen LogP contribution in [0.25, 0.3) is 4.85 Å². The van der Waals surface area contributed by atoms with E-state index in [-0.39, 0.29) is 30.7 Å². The Kier molecular flexibility index (Phi) is 7.28. The normalized spacial score (nSPS) is 25.7. The molecule has 1 amide bonds. The van der Waals surface area contributed by atoms with Crippen LogP contribution in [0.1, 0.15) is 67.9 Å². The first-order chi connectivity index (χ1) is 15.6. The Labute approximate surface area is 192 Å². The van der Waals surface area contributed by atoms with Crippen LogP contribution in [0, 0.1) is 12.5 Å². The molecule has 0 aliphatic heterocycles. The van der Waals surface area contributed by atoms with Crippen LogP contribution in [0.4, 0.5) is 5.69 Å². The largest absolute Gasteiger partial charge is 0.490 e. The van der Waals surface area contributed by atoms with Gasteiger partial charge in [-0.2, -0.15) is 0 Å². The summed E-state index contributed by atoms with van der Waals surface area (Å²) in [5, 5.41) is 21.0. The lowest BCUT2D eigenvalue weighted by atomic mass is 9.87. The molecule has 32 heavy (non-hydrogen) atoms. The first-order valence-electron chi connectivity index (χ1n) is 11.2. The van der Waals surface area contributed by atoms with Gasteiger partial charge in [0, 0.05) is 12.6 Å². The lowest BCUT2D eigenvalue weighted by Crippen LogP contribution is -2.39. The minimum absolute atomic E-state index is 0.0629. The minimum Gasteiger partial charge on any atom is -0.490 e. The number of benzene rings is 1. The summed E-state index contributed by atoms with van der Waals surface area (Å²) in [6, 6.07) is 5.45. The lowest BCUT2D eigenvalue weighted by molar-refractivity contribution is 0.0889.